The fourth-order valence-electron chi connectivity index (χ4n) is 3.61. The average molecular weight is 426 g/mol. The van der Waals surface area contributed by atoms with Crippen molar-refractivity contribution in [3.63, 3.8) is 0 Å². The molecule has 0 bridgehead atoms. The molecule has 7 heteroatoms. The minimum absolute atomic E-state index is 0. The van der Waals surface area contributed by atoms with Crippen molar-refractivity contribution in [2.45, 2.75) is 38.1 Å². The first-order chi connectivity index (χ1) is 11.7. The maximum atomic E-state index is 12.7. The summed E-state index contributed by atoms with van der Waals surface area (Å²) in [6.07, 6.45) is 5.20. The predicted octanol–water partition coefficient (Wildman–Crippen LogP) is 3.03. The highest BCUT2D eigenvalue weighted by Gasteiger charge is 2.27. The summed E-state index contributed by atoms with van der Waals surface area (Å²) in [5.74, 6) is -0.0299. The standard InChI is InChI=1S/C18H21BrN4O.ClH/c19-12-5-7-14(8-6-12)23-16-4-2-1-3-15(16)17(22-23)18(24)21-13-9-10-20-11-13;/h5-8,13,20H,1-4,9-11H2,(H,21,24);1H. The van der Waals surface area contributed by atoms with Crippen LogP contribution in [-0.4, -0.2) is 34.8 Å². The van der Waals surface area contributed by atoms with Gasteiger partial charge in [-0.15, -0.1) is 12.4 Å². The van der Waals surface area contributed by atoms with E-state index in [1.165, 1.54) is 5.69 Å². The average Bonchev–Trinajstić information content (AvgIpc) is 3.23. The third-order valence-electron chi connectivity index (χ3n) is 4.86. The van der Waals surface area contributed by atoms with Crippen LogP contribution in [0.4, 0.5) is 0 Å². The van der Waals surface area contributed by atoms with Gasteiger partial charge in [0.1, 0.15) is 0 Å². The van der Waals surface area contributed by atoms with Gasteiger partial charge in [-0.25, -0.2) is 4.68 Å². The van der Waals surface area contributed by atoms with Gasteiger partial charge in [-0.2, -0.15) is 5.10 Å². The summed E-state index contributed by atoms with van der Waals surface area (Å²) in [7, 11) is 0. The van der Waals surface area contributed by atoms with E-state index in [1.54, 1.807) is 0 Å². The number of carbonyl (C=O) groups excluding carboxylic acids is 1. The number of carbonyl (C=O) groups is 1. The molecule has 1 aliphatic heterocycles. The second-order valence-electron chi connectivity index (χ2n) is 6.53. The van der Waals surface area contributed by atoms with Gasteiger partial charge in [-0.1, -0.05) is 15.9 Å². The molecule has 1 fully saturated rings. The highest BCUT2D eigenvalue weighted by Crippen LogP contribution is 2.27. The Hall–Kier alpha value is -1.37. The smallest absolute Gasteiger partial charge is 0.272 e. The monoisotopic (exact) mass is 424 g/mol. The Bertz CT molecular complexity index is 753. The molecule has 1 saturated heterocycles. The molecule has 0 saturated carbocycles. The third-order valence-corrected chi connectivity index (χ3v) is 5.39. The molecule has 1 aromatic heterocycles. The van der Waals surface area contributed by atoms with Gasteiger partial charge < -0.3 is 10.6 Å². The van der Waals surface area contributed by atoms with Crippen LogP contribution < -0.4 is 10.6 Å². The maximum absolute atomic E-state index is 12.7. The molecule has 2 aliphatic rings. The summed E-state index contributed by atoms with van der Waals surface area (Å²) in [6.45, 7) is 1.82. The Labute approximate surface area is 162 Å². The van der Waals surface area contributed by atoms with E-state index >= 15 is 0 Å². The molecule has 1 amide bonds. The zero-order chi connectivity index (χ0) is 16.5. The van der Waals surface area contributed by atoms with E-state index < -0.39 is 0 Å². The Kier molecular flexibility index (Phi) is 5.81. The van der Waals surface area contributed by atoms with E-state index in [0.29, 0.717) is 5.69 Å². The van der Waals surface area contributed by atoms with Crippen LogP contribution in [-0.2, 0) is 12.8 Å². The number of halogens is 2. The van der Waals surface area contributed by atoms with E-state index in [9.17, 15) is 4.79 Å². The Balaban J connectivity index is 0.00000182. The maximum Gasteiger partial charge on any atom is 0.272 e. The lowest BCUT2D eigenvalue weighted by atomic mass is 9.95. The lowest BCUT2D eigenvalue weighted by Gasteiger charge is -2.15. The fraction of sp³-hybridized carbons (Fsp3) is 0.444. The van der Waals surface area contributed by atoms with Crippen LogP contribution in [0.25, 0.3) is 5.69 Å². The first-order valence-electron chi connectivity index (χ1n) is 8.60. The molecule has 4 rings (SSSR count). The first-order valence-corrected chi connectivity index (χ1v) is 9.40. The molecular formula is C18H22BrClN4O. The summed E-state index contributed by atoms with van der Waals surface area (Å²) >= 11 is 3.47. The van der Waals surface area contributed by atoms with Gasteiger partial charge in [-0.3, -0.25) is 4.79 Å². The van der Waals surface area contributed by atoms with Crippen LogP contribution in [0.3, 0.4) is 0 Å². The molecule has 2 aromatic rings. The van der Waals surface area contributed by atoms with Gasteiger partial charge in [0.05, 0.1) is 5.69 Å². The van der Waals surface area contributed by atoms with E-state index in [1.807, 2.05) is 28.9 Å². The van der Waals surface area contributed by atoms with Gasteiger partial charge >= 0.3 is 0 Å². The van der Waals surface area contributed by atoms with Gasteiger partial charge in [-0.05, 0) is 62.9 Å². The summed E-state index contributed by atoms with van der Waals surface area (Å²) in [5.41, 5.74) is 3.95. The van der Waals surface area contributed by atoms with Crippen LogP contribution in [0.1, 0.15) is 41.0 Å². The molecule has 1 aliphatic carbocycles. The number of amides is 1. The molecule has 0 spiro atoms. The Morgan fingerprint density at radius 3 is 2.72 bits per heavy atom. The second-order valence-corrected chi connectivity index (χ2v) is 7.45. The zero-order valence-corrected chi connectivity index (χ0v) is 16.3. The van der Waals surface area contributed by atoms with Crippen molar-refractivity contribution in [1.29, 1.82) is 0 Å². The number of nitrogens with one attached hydrogen (secondary N) is 2. The van der Waals surface area contributed by atoms with Gasteiger partial charge in [0.2, 0.25) is 0 Å². The summed E-state index contributed by atoms with van der Waals surface area (Å²) in [6, 6.07) is 8.31. The SMILES string of the molecule is Cl.O=C(NC1CCNC1)c1nn(-c2ccc(Br)cc2)c2c1CCCC2. The van der Waals surface area contributed by atoms with Gasteiger partial charge in [0, 0.05) is 28.3 Å². The molecule has 134 valence electrons. The number of nitrogens with zero attached hydrogens (tertiary/aromatic N) is 2. The Morgan fingerprint density at radius 2 is 2.00 bits per heavy atom. The Morgan fingerprint density at radius 1 is 1.24 bits per heavy atom. The molecule has 2 heterocycles. The van der Waals surface area contributed by atoms with Gasteiger partial charge in [0.15, 0.2) is 5.69 Å². The van der Waals surface area contributed by atoms with Crippen LogP contribution in [0.15, 0.2) is 28.7 Å². The van der Waals surface area contributed by atoms with Crippen LogP contribution in [0.2, 0.25) is 0 Å². The highest BCUT2D eigenvalue weighted by atomic mass is 79.9. The van der Waals surface area contributed by atoms with Crippen molar-refractivity contribution in [2.75, 3.05) is 13.1 Å². The van der Waals surface area contributed by atoms with Crippen molar-refractivity contribution < 1.29 is 4.79 Å². The molecule has 1 atom stereocenters. The second kappa shape index (κ2) is 7.89. The largest absolute Gasteiger partial charge is 0.347 e. The number of fused-ring (bicyclic) bond motifs is 1. The molecule has 1 aromatic carbocycles. The summed E-state index contributed by atoms with van der Waals surface area (Å²) in [5, 5.41) is 11.1. The zero-order valence-electron chi connectivity index (χ0n) is 13.9. The van der Waals surface area contributed by atoms with Crippen molar-refractivity contribution in [2.24, 2.45) is 0 Å². The van der Waals surface area contributed by atoms with Gasteiger partial charge in [0.25, 0.3) is 5.91 Å². The first kappa shape index (κ1) is 18.4. The molecule has 0 radical (unpaired) electrons. The fourth-order valence-corrected chi connectivity index (χ4v) is 3.87. The van der Waals surface area contributed by atoms with Crippen LogP contribution in [0.5, 0.6) is 0 Å². The molecular weight excluding hydrogens is 404 g/mol. The number of benzene rings is 1. The van der Waals surface area contributed by atoms with Crippen molar-refractivity contribution in [3.8, 4) is 5.69 Å². The number of aromatic nitrogens is 2. The molecule has 2 N–H and O–H groups in total. The lowest BCUT2D eigenvalue weighted by molar-refractivity contribution is 0.0933. The van der Waals surface area contributed by atoms with Crippen molar-refractivity contribution in [3.05, 3.63) is 45.7 Å². The topological polar surface area (TPSA) is 59.0 Å². The molecule has 1 unspecified atom stereocenters. The number of rotatable bonds is 3. The van der Waals surface area contributed by atoms with Crippen LogP contribution >= 0.6 is 28.3 Å². The van der Waals surface area contributed by atoms with E-state index in [-0.39, 0.29) is 24.4 Å². The normalized spacial score (nSPS) is 19.2. The lowest BCUT2D eigenvalue weighted by Crippen LogP contribution is -2.37. The molecule has 5 nitrogen and oxygen atoms in total. The van der Waals surface area contributed by atoms with E-state index in [0.717, 1.165) is 60.9 Å². The van der Waals surface area contributed by atoms with Crippen LogP contribution in [0, 0.1) is 0 Å². The number of hydrogen-bond acceptors (Lipinski definition) is 3. The highest BCUT2D eigenvalue weighted by molar-refractivity contribution is 9.10. The third kappa shape index (κ3) is 3.76. The van der Waals surface area contributed by atoms with E-state index in [4.69, 9.17) is 5.10 Å². The predicted molar refractivity (Wildman–Crippen MR) is 104 cm³/mol. The minimum Gasteiger partial charge on any atom is -0.347 e. The summed E-state index contributed by atoms with van der Waals surface area (Å²) < 4.78 is 3.00. The summed E-state index contributed by atoms with van der Waals surface area (Å²) in [4.78, 5) is 12.7. The minimum atomic E-state index is -0.0299. The molecule has 25 heavy (non-hydrogen) atoms. The quantitative estimate of drug-likeness (QED) is 0.795. The van der Waals surface area contributed by atoms with Crippen molar-refractivity contribution in [1.82, 2.24) is 20.4 Å². The van der Waals surface area contributed by atoms with E-state index in [2.05, 4.69) is 26.6 Å². The van der Waals surface area contributed by atoms with Crippen molar-refractivity contribution >= 4 is 34.2 Å². The number of hydrogen-bond donors (Lipinski definition) is 2.